The Hall–Kier alpha value is -0.640. The highest BCUT2D eigenvalue weighted by atomic mass is 15.1. The Bertz CT molecular complexity index is 185. The molecular weight excluding hydrogens is 162 g/mol. The van der Waals surface area contributed by atoms with Crippen LogP contribution < -0.4 is 11.5 Å². The summed E-state index contributed by atoms with van der Waals surface area (Å²) in [7, 11) is 4.02. The fourth-order valence-electron chi connectivity index (χ4n) is 1.18. The summed E-state index contributed by atoms with van der Waals surface area (Å²) in [5.74, 6) is 0. The normalized spacial score (nSPS) is 13.0. The third-order valence-electron chi connectivity index (χ3n) is 2.13. The molecule has 76 valence electrons. The van der Waals surface area contributed by atoms with Crippen LogP contribution in [0.5, 0.6) is 0 Å². The van der Waals surface area contributed by atoms with Crippen molar-refractivity contribution in [3.63, 3.8) is 0 Å². The molecule has 0 saturated heterocycles. The quantitative estimate of drug-likeness (QED) is 0.584. The van der Waals surface area contributed by atoms with E-state index in [1.165, 1.54) is 0 Å². The van der Waals surface area contributed by atoms with E-state index in [0.717, 1.165) is 17.6 Å². The lowest BCUT2D eigenvalue weighted by molar-refractivity contribution is 0.325. The molecule has 1 unspecified atom stereocenters. The van der Waals surface area contributed by atoms with E-state index in [9.17, 15) is 0 Å². The van der Waals surface area contributed by atoms with Gasteiger partial charge in [-0.05, 0) is 26.1 Å². The maximum atomic E-state index is 5.54. The molecule has 0 aliphatic heterocycles. The van der Waals surface area contributed by atoms with Crippen LogP contribution in [0.1, 0.15) is 6.42 Å². The van der Waals surface area contributed by atoms with Crippen molar-refractivity contribution < 1.29 is 0 Å². The van der Waals surface area contributed by atoms with Crippen LogP contribution in [0.25, 0.3) is 0 Å². The van der Waals surface area contributed by atoms with Gasteiger partial charge in [-0.3, -0.25) is 0 Å². The Morgan fingerprint density at radius 2 is 1.77 bits per heavy atom. The molecular formula is C10H21N3. The van der Waals surface area contributed by atoms with E-state index in [2.05, 4.69) is 18.1 Å². The summed E-state index contributed by atoms with van der Waals surface area (Å²) in [6.07, 6.45) is 0.847. The molecule has 0 aromatic carbocycles. The van der Waals surface area contributed by atoms with Crippen molar-refractivity contribution in [1.29, 1.82) is 0 Å². The molecule has 0 aliphatic carbocycles. The van der Waals surface area contributed by atoms with Crippen LogP contribution in [0.4, 0.5) is 0 Å². The first kappa shape index (κ1) is 12.4. The van der Waals surface area contributed by atoms with Crippen molar-refractivity contribution in [2.45, 2.75) is 12.5 Å². The van der Waals surface area contributed by atoms with Crippen LogP contribution >= 0.6 is 0 Å². The third kappa shape index (κ3) is 4.22. The summed E-state index contributed by atoms with van der Waals surface area (Å²) in [6, 6.07) is 0.265. The van der Waals surface area contributed by atoms with Gasteiger partial charge in [-0.15, -0.1) is 0 Å². The van der Waals surface area contributed by atoms with E-state index in [1.54, 1.807) is 0 Å². The van der Waals surface area contributed by atoms with Gasteiger partial charge >= 0.3 is 0 Å². The predicted octanol–water partition coefficient (Wildman–Crippen LogP) is 0.337. The van der Waals surface area contributed by atoms with Gasteiger partial charge in [0.1, 0.15) is 0 Å². The Labute approximate surface area is 81.1 Å². The van der Waals surface area contributed by atoms with Gasteiger partial charge in [0, 0.05) is 19.1 Å². The van der Waals surface area contributed by atoms with Crippen LogP contribution in [0, 0.1) is 0 Å². The molecule has 0 radical (unpaired) electrons. The maximum Gasteiger partial charge on any atom is 0.0348 e. The van der Waals surface area contributed by atoms with Gasteiger partial charge in [0.05, 0.1) is 0 Å². The molecule has 13 heavy (non-hydrogen) atoms. The lowest BCUT2D eigenvalue weighted by Crippen LogP contribution is -2.33. The van der Waals surface area contributed by atoms with E-state index in [1.807, 2.05) is 14.1 Å². The lowest BCUT2D eigenvalue weighted by Gasteiger charge is -2.26. The fourth-order valence-corrected chi connectivity index (χ4v) is 1.18. The molecule has 0 heterocycles. The zero-order valence-corrected chi connectivity index (χ0v) is 8.71. The predicted molar refractivity (Wildman–Crippen MR) is 58.5 cm³/mol. The van der Waals surface area contributed by atoms with E-state index in [0.29, 0.717) is 13.1 Å². The lowest BCUT2D eigenvalue weighted by atomic mass is 10.00. The van der Waals surface area contributed by atoms with Gasteiger partial charge in [-0.1, -0.05) is 18.7 Å². The minimum Gasteiger partial charge on any atom is -0.327 e. The van der Waals surface area contributed by atoms with Crippen molar-refractivity contribution in [1.82, 2.24) is 4.90 Å². The average Bonchev–Trinajstić information content (AvgIpc) is 2.11. The van der Waals surface area contributed by atoms with E-state index in [4.69, 9.17) is 11.5 Å². The summed E-state index contributed by atoms with van der Waals surface area (Å²) >= 11 is 0. The second kappa shape index (κ2) is 5.91. The number of rotatable bonds is 6. The third-order valence-corrected chi connectivity index (χ3v) is 2.13. The zero-order chi connectivity index (χ0) is 10.4. The monoisotopic (exact) mass is 183 g/mol. The molecule has 0 aromatic heterocycles. The highest BCUT2D eigenvalue weighted by Crippen LogP contribution is 2.13. The first-order valence-corrected chi connectivity index (χ1v) is 4.43. The van der Waals surface area contributed by atoms with Crippen molar-refractivity contribution in [3.8, 4) is 0 Å². The average molecular weight is 183 g/mol. The minimum atomic E-state index is 0.265. The van der Waals surface area contributed by atoms with Crippen molar-refractivity contribution in [2.24, 2.45) is 11.5 Å². The number of nitrogens with two attached hydrogens (primary N) is 2. The Morgan fingerprint density at radius 3 is 2.08 bits per heavy atom. The maximum absolute atomic E-state index is 5.54. The molecule has 3 heteroatoms. The van der Waals surface area contributed by atoms with Crippen LogP contribution in [-0.4, -0.2) is 38.1 Å². The van der Waals surface area contributed by atoms with Crippen LogP contribution in [0.2, 0.25) is 0 Å². The molecule has 3 nitrogen and oxygen atoms in total. The molecule has 0 aromatic rings. The molecule has 0 rings (SSSR count). The van der Waals surface area contributed by atoms with Gasteiger partial charge in [-0.2, -0.15) is 0 Å². The summed E-state index contributed by atoms with van der Waals surface area (Å²) < 4.78 is 0. The van der Waals surface area contributed by atoms with Crippen LogP contribution in [0.3, 0.4) is 0 Å². The summed E-state index contributed by atoms with van der Waals surface area (Å²) in [4.78, 5) is 2.09. The second-order valence-electron chi connectivity index (χ2n) is 3.50. The molecule has 0 spiro atoms. The minimum absolute atomic E-state index is 0.265. The molecule has 0 fully saturated rings. The van der Waals surface area contributed by atoms with Crippen molar-refractivity contribution in [3.05, 3.63) is 24.3 Å². The van der Waals surface area contributed by atoms with Crippen LogP contribution in [0.15, 0.2) is 24.3 Å². The largest absolute Gasteiger partial charge is 0.327 e. The number of hydrogen-bond acceptors (Lipinski definition) is 3. The molecule has 0 saturated carbocycles. The fraction of sp³-hybridized carbons (Fsp3) is 0.600. The van der Waals surface area contributed by atoms with Gasteiger partial charge in [-0.25, -0.2) is 0 Å². The first-order chi connectivity index (χ1) is 6.02. The molecule has 4 N–H and O–H groups in total. The van der Waals surface area contributed by atoms with E-state index < -0.39 is 0 Å². The van der Waals surface area contributed by atoms with E-state index in [-0.39, 0.29) is 6.04 Å². The Kier molecular flexibility index (Phi) is 5.62. The zero-order valence-electron chi connectivity index (χ0n) is 8.71. The number of likely N-dealkylation sites (N-methyl/N-ethyl adjacent to an activating group) is 1. The highest BCUT2D eigenvalue weighted by molar-refractivity contribution is 5.13. The van der Waals surface area contributed by atoms with Crippen molar-refractivity contribution in [2.75, 3.05) is 27.2 Å². The molecule has 0 aliphatic rings. The molecule has 1 atom stereocenters. The molecule has 0 amide bonds. The van der Waals surface area contributed by atoms with Gasteiger partial charge in [0.25, 0.3) is 0 Å². The van der Waals surface area contributed by atoms with Gasteiger partial charge in [0.15, 0.2) is 0 Å². The molecule has 0 bridgehead atoms. The van der Waals surface area contributed by atoms with E-state index >= 15 is 0 Å². The first-order valence-electron chi connectivity index (χ1n) is 4.43. The topological polar surface area (TPSA) is 55.3 Å². The SMILES string of the molecule is C=C(CN)CC(C(=C)CN)N(C)C. The smallest absolute Gasteiger partial charge is 0.0348 e. The summed E-state index contributed by atoms with van der Waals surface area (Å²) in [5, 5.41) is 0. The highest BCUT2D eigenvalue weighted by Gasteiger charge is 2.14. The summed E-state index contributed by atoms with van der Waals surface area (Å²) in [6.45, 7) is 8.86. The Morgan fingerprint density at radius 1 is 1.23 bits per heavy atom. The second-order valence-corrected chi connectivity index (χ2v) is 3.50. The Balaban J connectivity index is 4.26. The van der Waals surface area contributed by atoms with Crippen LogP contribution in [-0.2, 0) is 0 Å². The van der Waals surface area contributed by atoms with Gasteiger partial charge < -0.3 is 16.4 Å². The standard InChI is InChI=1S/C10H21N3/c1-8(6-11)5-10(13(3)4)9(2)7-12/h10H,1-2,5-7,11-12H2,3-4H3. The summed E-state index contributed by atoms with van der Waals surface area (Å²) in [5.41, 5.74) is 13.1. The van der Waals surface area contributed by atoms with Gasteiger partial charge in [0.2, 0.25) is 0 Å². The van der Waals surface area contributed by atoms with Crippen molar-refractivity contribution >= 4 is 0 Å². The number of hydrogen-bond donors (Lipinski definition) is 2. The number of nitrogens with zero attached hydrogens (tertiary/aromatic N) is 1.